The van der Waals surface area contributed by atoms with E-state index in [0.29, 0.717) is 13.0 Å². The van der Waals surface area contributed by atoms with E-state index < -0.39 is 18.4 Å². The van der Waals surface area contributed by atoms with Gasteiger partial charge in [0, 0.05) is 19.3 Å². The Balaban J connectivity index is 1.92. The Hall–Kier alpha value is -2.09. The first-order valence-corrected chi connectivity index (χ1v) is 6.66. The molecule has 1 aliphatic heterocycles. The van der Waals surface area contributed by atoms with Crippen LogP contribution >= 0.6 is 0 Å². The predicted molar refractivity (Wildman–Crippen MR) is 69.1 cm³/mol. The van der Waals surface area contributed by atoms with Crippen LogP contribution in [-0.2, 0) is 0 Å². The highest BCUT2D eigenvalue weighted by Crippen LogP contribution is 2.19. The molecule has 3 rings (SSSR count). The standard InChI is InChI=1S/C13H14F2N4O2/c14-11(15)12-17-16-10-4-3-8(6-19(10)12)13(21)18-5-1-2-9(20)7-18/h3-4,6,9,11,20H,1-2,5,7H2. The molecule has 1 unspecified atom stereocenters. The molecule has 1 N–H and O–H groups in total. The van der Waals surface area contributed by atoms with E-state index >= 15 is 0 Å². The van der Waals surface area contributed by atoms with Crippen molar-refractivity contribution in [2.45, 2.75) is 25.4 Å². The van der Waals surface area contributed by atoms with Gasteiger partial charge in [-0.15, -0.1) is 10.2 Å². The molecule has 1 saturated heterocycles. The monoisotopic (exact) mass is 296 g/mol. The Morgan fingerprint density at radius 1 is 1.38 bits per heavy atom. The highest BCUT2D eigenvalue weighted by Gasteiger charge is 2.24. The van der Waals surface area contributed by atoms with Gasteiger partial charge in [-0.2, -0.15) is 0 Å². The van der Waals surface area contributed by atoms with Gasteiger partial charge in [0.2, 0.25) is 5.82 Å². The van der Waals surface area contributed by atoms with Gasteiger partial charge in [0.15, 0.2) is 5.65 Å². The second-order valence-electron chi connectivity index (χ2n) is 5.05. The van der Waals surface area contributed by atoms with E-state index in [1.165, 1.54) is 23.2 Å². The maximum atomic E-state index is 12.8. The summed E-state index contributed by atoms with van der Waals surface area (Å²) in [7, 11) is 0. The number of halogens is 2. The maximum absolute atomic E-state index is 12.8. The SMILES string of the molecule is O=C(c1ccc2nnc(C(F)F)n2c1)N1CCCC(O)C1. The Labute approximate surface area is 119 Å². The number of aliphatic hydroxyl groups is 1. The molecule has 8 heteroatoms. The molecule has 0 spiro atoms. The van der Waals surface area contributed by atoms with Crippen molar-refractivity contribution in [1.29, 1.82) is 0 Å². The molecular formula is C13H14F2N4O2. The smallest absolute Gasteiger partial charge is 0.297 e. The van der Waals surface area contributed by atoms with Crippen LogP contribution in [0.15, 0.2) is 18.3 Å². The summed E-state index contributed by atoms with van der Waals surface area (Å²) in [6.07, 6.45) is -0.575. The number of β-amino-alcohol motifs (C(OH)–C–C–N with tert-alkyl or cyclic N) is 1. The third-order valence-electron chi connectivity index (χ3n) is 3.55. The van der Waals surface area contributed by atoms with Crippen molar-refractivity contribution in [3.8, 4) is 0 Å². The molecule has 1 amide bonds. The highest BCUT2D eigenvalue weighted by atomic mass is 19.3. The van der Waals surface area contributed by atoms with Crippen molar-refractivity contribution in [3.63, 3.8) is 0 Å². The molecule has 0 aromatic carbocycles. The summed E-state index contributed by atoms with van der Waals surface area (Å²) in [5.41, 5.74) is 0.541. The zero-order valence-electron chi connectivity index (χ0n) is 11.1. The third-order valence-corrected chi connectivity index (χ3v) is 3.55. The number of piperidine rings is 1. The van der Waals surface area contributed by atoms with E-state index in [-0.39, 0.29) is 23.7 Å². The maximum Gasteiger partial charge on any atom is 0.297 e. The highest BCUT2D eigenvalue weighted by molar-refractivity contribution is 5.94. The normalized spacial score (nSPS) is 19.4. The molecule has 2 aromatic rings. The summed E-state index contributed by atoms with van der Waals surface area (Å²) in [6.45, 7) is 0.818. The Morgan fingerprint density at radius 3 is 2.90 bits per heavy atom. The predicted octanol–water partition coefficient (Wildman–Crippen LogP) is 1.26. The molecule has 112 valence electrons. The number of pyridine rings is 1. The van der Waals surface area contributed by atoms with Gasteiger partial charge in [-0.1, -0.05) is 0 Å². The first-order valence-electron chi connectivity index (χ1n) is 6.66. The van der Waals surface area contributed by atoms with Crippen molar-refractivity contribution in [3.05, 3.63) is 29.7 Å². The Bertz CT molecular complexity index is 673. The molecule has 3 heterocycles. The van der Waals surface area contributed by atoms with Crippen molar-refractivity contribution in [2.24, 2.45) is 0 Å². The molecule has 0 saturated carbocycles. The number of hydrogen-bond acceptors (Lipinski definition) is 4. The third kappa shape index (κ3) is 2.58. The van der Waals surface area contributed by atoms with Crippen LogP contribution in [0, 0.1) is 0 Å². The minimum absolute atomic E-state index is 0.264. The topological polar surface area (TPSA) is 70.7 Å². The molecular weight excluding hydrogens is 282 g/mol. The lowest BCUT2D eigenvalue weighted by molar-refractivity contribution is 0.0473. The summed E-state index contributed by atoms with van der Waals surface area (Å²) in [5.74, 6) is -0.775. The van der Waals surface area contributed by atoms with Crippen LogP contribution in [0.25, 0.3) is 5.65 Å². The van der Waals surface area contributed by atoms with Crippen molar-refractivity contribution >= 4 is 11.6 Å². The fraction of sp³-hybridized carbons (Fsp3) is 0.462. The van der Waals surface area contributed by atoms with Crippen LogP contribution < -0.4 is 0 Å². The number of alkyl halides is 2. The lowest BCUT2D eigenvalue weighted by Gasteiger charge is -2.30. The van der Waals surface area contributed by atoms with Gasteiger partial charge in [-0.25, -0.2) is 8.78 Å². The van der Waals surface area contributed by atoms with Crippen molar-refractivity contribution < 1.29 is 18.7 Å². The zero-order valence-corrected chi connectivity index (χ0v) is 11.1. The number of hydrogen-bond donors (Lipinski definition) is 1. The van der Waals surface area contributed by atoms with Gasteiger partial charge in [-0.3, -0.25) is 9.20 Å². The summed E-state index contributed by atoms with van der Waals surface area (Å²) in [5, 5.41) is 16.7. The first kappa shape index (κ1) is 13.9. The molecule has 1 fully saturated rings. The number of fused-ring (bicyclic) bond motifs is 1. The van der Waals surface area contributed by atoms with E-state index in [0.717, 1.165) is 10.8 Å². The fourth-order valence-electron chi connectivity index (χ4n) is 2.51. The van der Waals surface area contributed by atoms with E-state index in [4.69, 9.17) is 0 Å². The van der Waals surface area contributed by atoms with Gasteiger partial charge < -0.3 is 10.0 Å². The van der Waals surface area contributed by atoms with Crippen LogP contribution in [0.3, 0.4) is 0 Å². The van der Waals surface area contributed by atoms with Crippen molar-refractivity contribution in [1.82, 2.24) is 19.5 Å². The number of rotatable bonds is 2. The number of aromatic nitrogens is 3. The van der Waals surface area contributed by atoms with Crippen molar-refractivity contribution in [2.75, 3.05) is 13.1 Å². The number of nitrogens with zero attached hydrogens (tertiary/aromatic N) is 4. The molecule has 1 aliphatic rings. The van der Waals surface area contributed by atoms with Crippen LogP contribution in [0.4, 0.5) is 8.78 Å². The molecule has 6 nitrogen and oxygen atoms in total. The molecule has 1 atom stereocenters. The molecule has 21 heavy (non-hydrogen) atoms. The van der Waals surface area contributed by atoms with Gasteiger partial charge in [-0.05, 0) is 25.0 Å². The number of likely N-dealkylation sites (tertiary alicyclic amines) is 1. The molecule has 0 aliphatic carbocycles. The van der Waals surface area contributed by atoms with Crippen LogP contribution in [0.1, 0.15) is 35.4 Å². The lowest BCUT2D eigenvalue weighted by atomic mass is 10.1. The van der Waals surface area contributed by atoms with E-state index in [9.17, 15) is 18.7 Å². The largest absolute Gasteiger partial charge is 0.391 e. The van der Waals surface area contributed by atoms with Gasteiger partial charge >= 0.3 is 0 Å². The quantitative estimate of drug-likeness (QED) is 0.906. The van der Waals surface area contributed by atoms with Crippen LogP contribution in [0.5, 0.6) is 0 Å². The number of carbonyl (C=O) groups excluding carboxylic acids is 1. The molecule has 2 aromatic heterocycles. The molecule has 0 bridgehead atoms. The number of carbonyl (C=O) groups is 1. The fourth-order valence-corrected chi connectivity index (χ4v) is 2.51. The van der Waals surface area contributed by atoms with E-state index in [1.807, 2.05) is 0 Å². The molecule has 0 radical (unpaired) electrons. The number of amides is 1. The summed E-state index contributed by atoms with van der Waals surface area (Å²) < 4.78 is 26.8. The number of aliphatic hydroxyl groups excluding tert-OH is 1. The van der Waals surface area contributed by atoms with Crippen LogP contribution in [0.2, 0.25) is 0 Å². The average molecular weight is 296 g/mol. The van der Waals surface area contributed by atoms with E-state index in [2.05, 4.69) is 10.2 Å². The first-order chi connectivity index (χ1) is 10.1. The summed E-state index contributed by atoms with van der Waals surface area (Å²) >= 11 is 0. The second kappa shape index (κ2) is 5.36. The minimum Gasteiger partial charge on any atom is -0.391 e. The lowest BCUT2D eigenvalue weighted by Crippen LogP contribution is -2.42. The van der Waals surface area contributed by atoms with Crippen LogP contribution in [-0.4, -0.2) is 49.7 Å². The van der Waals surface area contributed by atoms with Gasteiger partial charge in [0.25, 0.3) is 12.3 Å². The Morgan fingerprint density at radius 2 is 2.19 bits per heavy atom. The summed E-state index contributed by atoms with van der Waals surface area (Å²) in [4.78, 5) is 13.9. The average Bonchev–Trinajstić information content (AvgIpc) is 2.89. The zero-order chi connectivity index (χ0) is 15.0. The van der Waals surface area contributed by atoms with Gasteiger partial charge in [0.05, 0.1) is 11.7 Å². The van der Waals surface area contributed by atoms with E-state index in [1.54, 1.807) is 0 Å². The van der Waals surface area contributed by atoms with Gasteiger partial charge in [0.1, 0.15) is 0 Å². The minimum atomic E-state index is -2.76. The second-order valence-corrected chi connectivity index (χ2v) is 5.05. The summed E-state index contributed by atoms with van der Waals surface area (Å²) in [6, 6.07) is 3.01. The Kier molecular flexibility index (Phi) is 3.54.